The number of methoxy groups -OCH3 is 2. The molecule has 1 amide bonds. The zero-order chi connectivity index (χ0) is 33.2. The molecule has 0 fully saturated rings. The fraction of sp³-hybridized carbons (Fsp3) is 0.176. The van der Waals surface area contributed by atoms with Gasteiger partial charge in [0.15, 0.2) is 0 Å². The Morgan fingerprint density at radius 2 is 0.911 bits per heavy atom. The number of benzene rings is 4. The minimum atomic E-state index is -1.13. The molecule has 45 heavy (non-hydrogen) atoms. The third-order valence-corrected chi connectivity index (χ3v) is 6.65. The largest absolute Gasteiger partial charge is 0.480 e. The second-order valence-corrected chi connectivity index (χ2v) is 9.66. The van der Waals surface area contributed by atoms with Gasteiger partial charge in [0.2, 0.25) is 0 Å². The fourth-order valence-electron chi connectivity index (χ4n) is 4.44. The minimum Gasteiger partial charge on any atom is -0.480 e. The van der Waals surface area contributed by atoms with E-state index in [1.165, 1.54) is 14.2 Å². The molecule has 10 nitrogen and oxygen atoms in total. The number of nitrogens with two attached hydrogens (primary N) is 1. The molecule has 4 aromatic rings. The van der Waals surface area contributed by atoms with Crippen LogP contribution in [0.4, 0.5) is 9.59 Å². The van der Waals surface area contributed by atoms with Crippen molar-refractivity contribution in [2.24, 2.45) is 5.73 Å². The van der Waals surface area contributed by atoms with Crippen LogP contribution < -0.4 is 11.1 Å². The van der Waals surface area contributed by atoms with Crippen molar-refractivity contribution in [3.05, 3.63) is 144 Å². The van der Waals surface area contributed by atoms with Gasteiger partial charge in [0.1, 0.15) is 12.1 Å². The van der Waals surface area contributed by atoms with Crippen LogP contribution in [0.5, 0.6) is 0 Å². The van der Waals surface area contributed by atoms with Crippen molar-refractivity contribution in [3.63, 3.8) is 0 Å². The Bertz CT molecular complexity index is 1400. The highest BCUT2D eigenvalue weighted by Gasteiger charge is 2.32. The van der Waals surface area contributed by atoms with E-state index in [1.807, 2.05) is 121 Å². The van der Waals surface area contributed by atoms with Crippen molar-refractivity contribution >= 4 is 35.1 Å². The number of halogens is 1. The first-order valence-electron chi connectivity index (χ1n) is 13.6. The predicted octanol–water partition coefficient (Wildman–Crippen LogP) is 5.85. The summed E-state index contributed by atoms with van der Waals surface area (Å²) in [5.41, 5.74) is 8.49. The average molecular weight is 635 g/mol. The highest BCUT2D eigenvalue weighted by Crippen LogP contribution is 2.29. The number of carboxylic acid groups (broad SMARTS) is 2. The molecule has 0 saturated heterocycles. The molecule has 0 radical (unpaired) electrons. The summed E-state index contributed by atoms with van der Waals surface area (Å²) in [6.45, 7) is 0. The number of carboxylic acids is 2. The van der Waals surface area contributed by atoms with Gasteiger partial charge in [0.25, 0.3) is 0 Å². The van der Waals surface area contributed by atoms with Gasteiger partial charge in [-0.25, -0.2) is 14.4 Å². The molecule has 2 atom stereocenters. The van der Waals surface area contributed by atoms with Crippen molar-refractivity contribution in [1.82, 2.24) is 5.32 Å². The van der Waals surface area contributed by atoms with Crippen LogP contribution in [0.1, 0.15) is 34.1 Å². The molecule has 0 aliphatic heterocycles. The summed E-state index contributed by atoms with van der Waals surface area (Å²) in [4.78, 5) is 43.7. The van der Waals surface area contributed by atoms with Gasteiger partial charge in [0, 0.05) is 23.4 Å². The van der Waals surface area contributed by atoms with Crippen molar-refractivity contribution in [2.75, 3.05) is 14.2 Å². The predicted molar refractivity (Wildman–Crippen MR) is 170 cm³/mol. The highest BCUT2D eigenvalue weighted by atomic mass is 35.5. The Hall–Kier alpha value is -5.19. The summed E-state index contributed by atoms with van der Waals surface area (Å²) >= 11 is 4.60. The summed E-state index contributed by atoms with van der Waals surface area (Å²) in [5.74, 6) is -2.96. The molecule has 5 N–H and O–H groups in total. The highest BCUT2D eigenvalue weighted by molar-refractivity contribution is 6.61. The van der Waals surface area contributed by atoms with E-state index in [0.717, 1.165) is 22.3 Å². The summed E-state index contributed by atoms with van der Waals surface area (Å²) in [7, 11) is 2.42. The zero-order valence-electron chi connectivity index (χ0n) is 24.7. The Morgan fingerprint density at radius 1 is 0.600 bits per heavy atom. The van der Waals surface area contributed by atoms with Gasteiger partial charge in [0.05, 0.1) is 14.2 Å². The van der Waals surface area contributed by atoms with Crippen molar-refractivity contribution in [3.8, 4) is 0 Å². The van der Waals surface area contributed by atoms with E-state index in [2.05, 4.69) is 26.4 Å². The molecule has 0 unspecified atom stereocenters. The maximum Gasteiger partial charge on any atom is 0.407 e. The first-order valence-corrected chi connectivity index (χ1v) is 14.0. The lowest BCUT2D eigenvalue weighted by molar-refractivity contribution is -0.140. The number of rotatable bonds is 9. The quantitative estimate of drug-likeness (QED) is 0.165. The maximum atomic E-state index is 11.7. The fourth-order valence-corrected chi connectivity index (χ4v) is 4.44. The molecule has 4 rings (SSSR count). The lowest BCUT2D eigenvalue weighted by Crippen LogP contribution is -2.45. The van der Waals surface area contributed by atoms with Crippen LogP contribution in [0.25, 0.3) is 0 Å². The third kappa shape index (κ3) is 11.8. The second-order valence-electron chi connectivity index (χ2n) is 9.36. The number of hydrogen-bond donors (Lipinski definition) is 4. The van der Waals surface area contributed by atoms with Gasteiger partial charge in [-0.2, -0.15) is 0 Å². The van der Waals surface area contributed by atoms with Crippen molar-refractivity contribution in [2.45, 2.75) is 23.9 Å². The van der Waals surface area contributed by atoms with E-state index in [1.54, 1.807) is 0 Å². The summed E-state index contributed by atoms with van der Waals surface area (Å²) in [5, 5.41) is 21.1. The normalized spacial score (nSPS) is 11.4. The Labute approximate surface area is 266 Å². The Balaban J connectivity index is 0.000000277. The van der Waals surface area contributed by atoms with Crippen LogP contribution in [0.15, 0.2) is 121 Å². The summed E-state index contributed by atoms with van der Waals surface area (Å²) in [6.07, 6.45) is -0.774. The molecule has 0 aromatic heterocycles. The molecule has 0 spiro atoms. The number of carbonyl (C=O) groups is 4. The van der Waals surface area contributed by atoms with Crippen LogP contribution in [0, 0.1) is 0 Å². The summed E-state index contributed by atoms with van der Waals surface area (Å²) < 4.78 is 8.42. The number of hydrogen-bond acceptors (Lipinski definition) is 7. The molecule has 0 bridgehead atoms. The zero-order valence-corrected chi connectivity index (χ0v) is 25.4. The van der Waals surface area contributed by atoms with Crippen LogP contribution in [0.2, 0.25) is 0 Å². The molecular weight excluding hydrogens is 600 g/mol. The number of nitrogens with one attached hydrogen (secondary N) is 1. The van der Waals surface area contributed by atoms with Gasteiger partial charge >= 0.3 is 23.5 Å². The molecule has 0 aliphatic carbocycles. The molecule has 0 saturated carbocycles. The average Bonchev–Trinajstić information content (AvgIpc) is 3.07. The van der Waals surface area contributed by atoms with Crippen LogP contribution >= 0.6 is 11.6 Å². The van der Waals surface area contributed by atoms with Crippen molar-refractivity contribution < 1.29 is 38.9 Å². The number of amides is 1. The molecular formula is C34H35ClN2O8. The molecule has 11 heteroatoms. The third-order valence-electron chi connectivity index (χ3n) is 6.50. The standard InChI is InChI=1S/C17H17NO4.C15H15NO2.C2H3ClO2/c1-22-17(21)18-15(16(19)20)14(12-8-4-2-5-9-12)13-10-6-3-7-11-13;16-14(15(17)18)13(11-7-3-1-4-8-11)12-9-5-2-6-10-12;1-5-2(3)4/h2-11,14-15H,1H3,(H,18,21)(H,19,20);1-10,13-14H,16H2,(H,17,18);1H3/t15-;14-;/m00./s1. The van der Waals surface area contributed by atoms with Gasteiger partial charge in [-0.1, -0.05) is 121 Å². The molecule has 4 aromatic carbocycles. The topological polar surface area (TPSA) is 165 Å². The van der Waals surface area contributed by atoms with E-state index in [9.17, 15) is 24.3 Å². The Morgan fingerprint density at radius 3 is 1.16 bits per heavy atom. The molecule has 236 valence electrons. The smallest absolute Gasteiger partial charge is 0.407 e. The number of carbonyl (C=O) groups excluding carboxylic acids is 2. The van der Waals surface area contributed by atoms with E-state index in [4.69, 9.17) is 10.8 Å². The van der Waals surface area contributed by atoms with Crippen LogP contribution in [-0.4, -0.2) is 60.0 Å². The van der Waals surface area contributed by atoms with Crippen LogP contribution in [0.3, 0.4) is 0 Å². The first-order chi connectivity index (χ1) is 21.6. The first kappa shape index (κ1) is 36.0. The van der Waals surface area contributed by atoms with E-state index < -0.39 is 41.5 Å². The van der Waals surface area contributed by atoms with Gasteiger partial charge in [-0.15, -0.1) is 0 Å². The van der Waals surface area contributed by atoms with E-state index in [0.29, 0.717) is 0 Å². The van der Waals surface area contributed by atoms with Gasteiger partial charge in [-0.05, 0) is 22.3 Å². The number of ether oxygens (including phenoxy) is 2. The number of aliphatic carboxylic acids is 2. The van der Waals surface area contributed by atoms with Crippen molar-refractivity contribution in [1.29, 1.82) is 0 Å². The maximum absolute atomic E-state index is 11.7. The molecule has 0 heterocycles. The Kier molecular flexibility index (Phi) is 15.3. The minimum absolute atomic E-state index is 0.329. The monoisotopic (exact) mass is 634 g/mol. The lowest BCUT2D eigenvalue weighted by Gasteiger charge is -2.25. The van der Waals surface area contributed by atoms with E-state index in [-0.39, 0.29) is 5.92 Å². The molecule has 0 aliphatic rings. The SMILES string of the molecule is COC(=O)Cl.COC(=O)N[C@H](C(=O)O)C(c1ccccc1)c1ccccc1.N[C@H](C(=O)O)C(c1ccccc1)c1ccccc1. The second kappa shape index (κ2) is 19.2. The van der Waals surface area contributed by atoms with Crippen LogP contribution in [-0.2, 0) is 19.1 Å². The summed E-state index contributed by atoms with van der Waals surface area (Å²) in [6, 6.07) is 35.3. The van der Waals surface area contributed by atoms with E-state index >= 15 is 0 Å². The van der Waals surface area contributed by atoms with Gasteiger partial charge < -0.3 is 30.7 Å². The van der Waals surface area contributed by atoms with Gasteiger partial charge in [-0.3, -0.25) is 4.79 Å². The number of alkyl carbamates (subject to hydrolysis) is 1. The lowest BCUT2D eigenvalue weighted by atomic mass is 9.85.